The summed E-state index contributed by atoms with van der Waals surface area (Å²) in [4.78, 5) is 40.1. The molecular formula is C23H25ClN4O4. The highest BCUT2D eigenvalue weighted by molar-refractivity contribution is 6.31. The van der Waals surface area contributed by atoms with E-state index in [1.807, 2.05) is 19.9 Å². The molecule has 2 aromatic rings. The number of hydrogen-bond acceptors (Lipinski definition) is 4. The van der Waals surface area contributed by atoms with Crippen LogP contribution in [0.3, 0.4) is 0 Å². The SMILES string of the molecule is COc1ccc(Cl)cc1-c1ccc2c(c1)C(=O)N1CCC(NC(=O)NC(C)C)C1C(=O)N2. The number of ether oxygens (including phenoxy) is 1. The molecule has 0 spiro atoms. The van der Waals surface area contributed by atoms with Crippen LogP contribution in [0.4, 0.5) is 10.5 Å². The molecule has 0 aromatic heterocycles. The maximum absolute atomic E-state index is 13.4. The molecule has 2 heterocycles. The number of fused-ring (bicyclic) bond motifs is 2. The first-order valence-corrected chi connectivity index (χ1v) is 10.8. The van der Waals surface area contributed by atoms with Crippen LogP contribution in [0.1, 0.15) is 30.6 Å². The molecule has 2 atom stereocenters. The third-order valence-corrected chi connectivity index (χ3v) is 5.88. The van der Waals surface area contributed by atoms with Crippen molar-refractivity contribution in [3.8, 4) is 16.9 Å². The van der Waals surface area contributed by atoms with Crippen LogP contribution in [0.2, 0.25) is 5.02 Å². The number of hydrogen-bond donors (Lipinski definition) is 3. The number of urea groups is 1. The van der Waals surface area contributed by atoms with E-state index in [0.717, 1.165) is 11.1 Å². The van der Waals surface area contributed by atoms with Gasteiger partial charge in [-0.1, -0.05) is 17.7 Å². The zero-order valence-electron chi connectivity index (χ0n) is 18.1. The summed E-state index contributed by atoms with van der Waals surface area (Å²) in [5.41, 5.74) is 2.31. The number of nitrogens with zero attached hydrogens (tertiary/aromatic N) is 1. The number of carbonyl (C=O) groups excluding carboxylic acids is 3. The molecule has 2 aliphatic heterocycles. The summed E-state index contributed by atoms with van der Waals surface area (Å²) in [6, 6.07) is 8.87. The van der Waals surface area contributed by atoms with Crippen molar-refractivity contribution in [2.45, 2.75) is 38.4 Å². The Balaban J connectivity index is 1.66. The Kier molecular flexibility index (Phi) is 5.97. The van der Waals surface area contributed by atoms with E-state index in [2.05, 4.69) is 16.0 Å². The van der Waals surface area contributed by atoms with Gasteiger partial charge in [0.2, 0.25) is 5.91 Å². The summed E-state index contributed by atoms with van der Waals surface area (Å²) in [6.07, 6.45) is 0.493. The molecule has 4 rings (SSSR count). The lowest BCUT2D eigenvalue weighted by Gasteiger charge is -2.25. The van der Waals surface area contributed by atoms with E-state index in [1.165, 1.54) is 4.90 Å². The molecule has 8 nitrogen and oxygen atoms in total. The van der Waals surface area contributed by atoms with E-state index in [-0.39, 0.29) is 23.9 Å². The van der Waals surface area contributed by atoms with Crippen molar-refractivity contribution in [1.82, 2.24) is 15.5 Å². The molecule has 0 radical (unpaired) electrons. The Morgan fingerprint density at radius 2 is 1.97 bits per heavy atom. The monoisotopic (exact) mass is 456 g/mol. The van der Waals surface area contributed by atoms with E-state index in [1.54, 1.807) is 37.4 Å². The van der Waals surface area contributed by atoms with Gasteiger partial charge in [-0.3, -0.25) is 9.59 Å². The molecule has 2 aromatic carbocycles. The fraction of sp³-hybridized carbons (Fsp3) is 0.348. The molecule has 168 valence electrons. The predicted octanol–water partition coefficient (Wildman–Crippen LogP) is 3.26. The Bertz CT molecular complexity index is 1090. The number of anilines is 1. The number of rotatable bonds is 4. The summed E-state index contributed by atoms with van der Waals surface area (Å²) < 4.78 is 5.45. The maximum Gasteiger partial charge on any atom is 0.315 e. The largest absolute Gasteiger partial charge is 0.496 e. The van der Waals surface area contributed by atoms with Crippen molar-refractivity contribution in [3.05, 3.63) is 47.0 Å². The Hall–Kier alpha value is -3.26. The predicted molar refractivity (Wildman–Crippen MR) is 122 cm³/mol. The van der Waals surface area contributed by atoms with Crippen LogP contribution >= 0.6 is 11.6 Å². The van der Waals surface area contributed by atoms with Gasteiger partial charge in [0.05, 0.1) is 24.4 Å². The van der Waals surface area contributed by atoms with E-state index in [9.17, 15) is 14.4 Å². The number of amides is 4. The highest BCUT2D eigenvalue weighted by Crippen LogP contribution is 2.36. The fourth-order valence-corrected chi connectivity index (χ4v) is 4.40. The summed E-state index contributed by atoms with van der Waals surface area (Å²) in [6.45, 7) is 4.07. The van der Waals surface area contributed by atoms with Crippen LogP contribution < -0.4 is 20.7 Å². The topological polar surface area (TPSA) is 99.8 Å². The number of benzene rings is 2. The van der Waals surface area contributed by atoms with Crippen molar-refractivity contribution in [2.75, 3.05) is 19.0 Å². The van der Waals surface area contributed by atoms with Crippen LogP contribution in [-0.4, -0.2) is 54.5 Å². The van der Waals surface area contributed by atoms with Gasteiger partial charge in [-0.25, -0.2) is 4.79 Å². The third kappa shape index (κ3) is 4.10. The second-order valence-electron chi connectivity index (χ2n) is 8.21. The van der Waals surface area contributed by atoms with Crippen LogP contribution in [-0.2, 0) is 4.79 Å². The van der Waals surface area contributed by atoms with Gasteiger partial charge in [0, 0.05) is 23.2 Å². The normalized spacial score (nSPS) is 19.7. The third-order valence-electron chi connectivity index (χ3n) is 5.64. The van der Waals surface area contributed by atoms with Crippen LogP contribution in [0.25, 0.3) is 11.1 Å². The molecule has 4 amide bonds. The first-order valence-electron chi connectivity index (χ1n) is 10.5. The highest BCUT2D eigenvalue weighted by atomic mass is 35.5. The van der Waals surface area contributed by atoms with Crippen molar-refractivity contribution in [3.63, 3.8) is 0 Å². The summed E-state index contributed by atoms with van der Waals surface area (Å²) in [5.74, 6) is 0.0382. The second kappa shape index (κ2) is 8.70. The minimum atomic E-state index is -0.781. The quantitative estimate of drug-likeness (QED) is 0.657. The van der Waals surface area contributed by atoms with Gasteiger partial charge < -0.3 is 25.6 Å². The Morgan fingerprint density at radius 3 is 2.69 bits per heavy atom. The molecule has 3 N–H and O–H groups in total. The van der Waals surface area contributed by atoms with Gasteiger partial charge in [-0.15, -0.1) is 0 Å². The molecule has 1 saturated heterocycles. The fourth-order valence-electron chi connectivity index (χ4n) is 4.23. The number of methoxy groups -OCH3 is 1. The highest BCUT2D eigenvalue weighted by Gasteiger charge is 2.45. The molecule has 0 aliphatic carbocycles. The molecular weight excluding hydrogens is 432 g/mol. The lowest BCUT2D eigenvalue weighted by atomic mass is 10.0. The van der Waals surface area contributed by atoms with Gasteiger partial charge in [-0.05, 0) is 56.2 Å². The number of halogens is 1. The molecule has 0 saturated carbocycles. The molecule has 2 unspecified atom stereocenters. The average Bonchev–Trinajstić information content (AvgIpc) is 3.12. The zero-order valence-corrected chi connectivity index (χ0v) is 18.8. The maximum atomic E-state index is 13.4. The number of carbonyl (C=O) groups is 3. The first kappa shape index (κ1) is 22.0. The lowest BCUT2D eigenvalue weighted by Crippen LogP contribution is -2.54. The summed E-state index contributed by atoms with van der Waals surface area (Å²) in [5, 5.41) is 9.00. The molecule has 1 fully saturated rings. The first-order chi connectivity index (χ1) is 15.3. The number of nitrogens with one attached hydrogen (secondary N) is 3. The van der Waals surface area contributed by atoms with E-state index in [4.69, 9.17) is 16.3 Å². The minimum absolute atomic E-state index is 0.0387. The van der Waals surface area contributed by atoms with Gasteiger partial charge in [0.15, 0.2) is 0 Å². The summed E-state index contributed by atoms with van der Waals surface area (Å²) in [7, 11) is 1.57. The smallest absolute Gasteiger partial charge is 0.315 e. The Morgan fingerprint density at radius 1 is 1.19 bits per heavy atom. The zero-order chi connectivity index (χ0) is 23.0. The van der Waals surface area contributed by atoms with Crippen molar-refractivity contribution in [1.29, 1.82) is 0 Å². The Labute approximate surface area is 191 Å². The van der Waals surface area contributed by atoms with E-state index in [0.29, 0.717) is 35.0 Å². The second-order valence-corrected chi connectivity index (χ2v) is 8.64. The van der Waals surface area contributed by atoms with Crippen molar-refractivity contribution < 1.29 is 19.1 Å². The van der Waals surface area contributed by atoms with Crippen molar-refractivity contribution >= 4 is 35.1 Å². The van der Waals surface area contributed by atoms with Gasteiger partial charge in [0.1, 0.15) is 11.8 Å². The van der Waals surface area contributed by atoms with Crippen LogP contribution in [0.15, 0.2) is 36.4 Å². The summed E-state index contributed by atoms with van der Waals surface area (Å²) >= 11 is 6.18. The van der Waals surface area contributed by atoms with Crippen LogP contribution in [0.5, 0.6) is 5.75 Å². The lowest BCUT2D eigenvalue weighted by molar-refractivity contribution is -0.120. The van der Waals surface area contributed by atoms with Gasteiger partial charge >= 0.3 is 6.03 Å². The van der Waals surface area contributed by atoms with Gasteiger partial charge in [0.25, 0.3) is 5.91 Å². The van der Waals surface area contributed by atoms with Gasteiger partial charge in [-0.2, -0.15) is 0 Å². The standard InChI is InChI=1S/C23H25ClN4O4/c1-12(2)25-23(31)27-18-8-9-28-20(18)21(29)26-17-6-4-13(10-16(17)22(28)30)15-11-14(24)5-7-19(15)32-3/h4-7,10-12,18,20H,8-9H2,1-3H3,(H,26,29)(H2,25,27,31). The van der Waals surface area contributed by atoms with E-state index >= 15 is 0 Å². The van der Waals surface area contributed by atoms with Crippen molar-refractivity contribution in [2.24, 2.45) is 0 Å². The minimum Gasteiger partial charge on any atom is -0.496 e. The van der Waals surface area contributed by atoms with Crippen LogP contribution in [0, 0.1) is 0 Å². The average molecular weight is 457 g/mol. The molecule has 0 bridgehead atoms. The molecule has 9 heteroatoms. The molecule has 32 heavy (non-hydrogen) atoms. The molecule has 2 aliphatic rings. The van der Waals surface area contributed by atoms with E-state index < -0.39 is 12.1 Å².